The lowest BCUT2D eigenvalue weighted by atomic mass is 10.0. The zero-order valence-electron chi connectivity index (χ0n) is 12.8. The molecule has 1 aromatic rings. The van der Waals surface area contributed by atoms with Crippen molar-refractivity contribution in [2.45, 2.75) is 19.8 Å². The monoisotopic (exact) mass is 295 g/mol. The van der Waals surface area contributed by atoms with E-state index in [1.165, 1.54) is 14.0 Å². The molecule has 116 valence electrons. The average molecular weight is 295 g/mol. The first-order valence-corrected chi connectivity index (χ1v) is 6.56. The largest absolute Gasteiger partial charge is 0.496 e. The van der Waals surface area contributed by atoms with E-state index in [9.17, 15) is 9.59 Å². The van der Waals surface area contributed by atoms with Crippen LogP contribution < -0.4 is 14.8 Å². The SMILES string of the molecule is COC(=O)Cc1cc(OC)c(CCNC(C)=O)cc1OC. The minimum atomic E-state index is -0.346. The molecule has 21 heavy (non-hydrogen) atoms. The first-order valence-electron chi connectivity index (χ1n) is 6.56. The predicted octanol–water partition coefficient (Wildman–Crippen LogP) is 1.10. The summed E-state index contributed by atoms with van der Waals surface area (Å²) < 4.78 is 15.3. The Labute approximate surface area is 124 Å². The Kier molecular flexibility index (Phi) is 6.52. The molecule has 1 N–H and O–H groups in total. The summed E-state index contributed by atoms with van der Waals surface area (Å²) in [7, 11) is 4.44. The maximum atomic E-state index is 11.4. The second kappa shape index (κ2) is 8.14. The van der Waals surface area contributed by atoms with E-state index in [0.717, 1.165) is 5.56 Å². The molecule has 0 aromatic heterocycles. The van der Waals surface area contributed by atoms with Gasteiger partial charge in [-0.3, -0.25) is 9.59 Å². The molecular weight excluding hydrogens is 274 g/mol. The molecule has 0 saturated carbocycles. The molecule has 6 nitrogen and oxygen atoms in total. The van der Waals surface area contributed by atoms with E-state index in [2.05, 4.69) is 10.1 Å². The second-order valence-electron chi connectivity index (χ2n) is 4.46. The smallest absolute Gasteiger partial charge is 0.310 e. The number of hydrogen-bond acceptors (Lipinski definition) is 5. The first-order chi connectivity index (χ1) is 10.0. The van der Waals surface area contributed by atoms with Crippen molar-refractivity contribution < 1.29 is 23.8 Å². The highest BCUT2D eigenvalue weighted by molar-refractivity contribution is 5.74. The van der Waals surface area contributed by atoms with Gasteiger partial charge in [0.05, 0.1) is 27.8 Å². The Morgan fingerprint density at radius 2 is 1.62 bits per heavy atom. The van der Waals surface area contributed by atoms with E-state index >= 15 is 0 Å². The molecular formula is C15H21NO5. The van der Waals surface area contributed by atoms with Gasteiger partial charge < -0.3 is 19.5 Å². The van der Waals surface area contributed by atoms with Gasteiger partial charge in [0.2, 0.25) is 5.91 Å². The Hall–Kier alpha value is -2.24. The molecule has 0 fully saturated rings. The number of amides is 1. The molecule has 1 rings (SSSR count). The highest BCUT2D eigenvalue weighted by Gasteiger charge is 2.14. The van der Waals surface area contributed by atoms with E-state index in [-0.39, 0.29) is 18.3 Å². The van der Waals surface area contributed by atoms with E-state index in [4.69, 9.17) is 9.47 Å². The molecule has 6 heteroatoms. The number of methoxy groups -OCH3 is 3. The lowest BCUT2D eigenvalue weighted by Crippen LogP contribution is -2.22. The number of esters is 1. The van der Waals surface area contributed by atoms with Gasteiger partial charge in [-0.2, -0.15) is 0 Å². The Morgan fingerprint density at radius 3 is 2.14 bits per heavy atom. The Morgan fingerprint density at radius 1 is 1.05 bits per heavy atom. The molecule has 0 radical (unpaired) electrons. The van der Waals surface area contributed by atoms with Crippen molar-refractivity contribution in [3.05, 3.63) is 23.3 Å². The summed E-state index contributed by atoms with van der Waals surface area (Å²) in [4.78, 5) is 22.3. The van der Waals surface area contributed by atoms with Crippen LogP contribution in [0.3, 0.4) is 0 Å². The van der Waals surface area contributed by atoms with Gasteiger partial charge in [-0.15, -0.1) is 0 Å². The van der Waals surface area contributed by atoms with E-state index in [0.29, 0.717) is 30.0 Å². The minimum absolute atomic E-state index is 0.0803. The van der Waals surface area contributed by atoms with Crippen LogP contribution in [0.15, 0.2) is 12.1 Å². The molecule has 0 bridgehead atoms. The minimum Gasteiger partial charge on any atom is -0.496 e. The highest BCUT2D eigenvalue weighted by Crippen LogP contribution is 2.29. The number of benzene rings is 1. The number of hydrogen-bond donors (Lipinski definition) is 1. The number of carbonyl (C=O) groups is 2. The highest BCUT2D eigenvalue weighted by atomic mass is 16.5. The molecule has 0 aliphatic carbocycles. The van der Waals surface area contributed by atoms with Crippen LogP contribution in [0.1, 0.15) is 18.1 Å². The van der Waals surface area contributed by atoms with Gasteiger partial charge >= 0.3 is 5.97 Å². The third-order valence-electron chi connectivity index (χ3n) is 3.01. The van der Waals surface area contributed by atoms with Crippen molar-refractivity contribution in [2.24, 2.45) is 0 Å². The molecule has 0 aliphatic rings. The number of rotatable bonds is 7. The van der Waals surface area contributed by atoms with Crippen LogP contribution in [0.4, 0.5) is 0 Å². The van der Waals surface area contributed by atoms with Gasteiger partial charge in [-0.25, -0.2) is 0 Å². The average Bonchev–Trinajstić information content (AvgIpc) is 2.47. The topological polar surface area (TPSA) is 73.9 Å². The van der Waals surface area contributed by atoms with Crippen LogP contribution in [-0.4, -0.2) is 39.8 Å². The van der Waals surface area contributed by atoms with Crippen LogP contribution in [0.2, 0.25) is 0 Å². The molecule has 0 heterocycles. The molecule has 0 spiro atoms. The summed E-state index contributed by atoms with van der Waals surface area (Å²) in [5.41, 5.74) is 1.60. The second-order valence-corrected chi connectivity index (χ2v) is 4.46. The standard InChI is InChI=1S/C15H21NO5/c1-10(17)16-6-5-11-7-14(20-3)12(8-13(11)19-2)9-15(18)21-4/h7-8H,5-6,9H2,1-4H3,(H,16,17). The summed E-state index contributed by atoms with van der Waals surface area (Å²) in [6.07, 6.45) is 0.722. The fourth-order valence-electron chi connectivity index (χ4n) is 1.96. The number of nitrogens with one attached hydrogen (secondary N) is 1. The zero-order valence-corrected chi connectivity index (χ0v) is 12.8. The third-order valence-corrected chi connectivity index (χ3v) is 3.01. The summed E-state index contributed by atoms with van der Waals surface area (Å²) in [6, 6.07) is 3.58. The molecule has 1 aromatic carbocycles. The lowest BCUT2D eigenvalue weighted by Gasteiger charge is -2.14. The molecule has 1 amide bonds. The third kappa shape index (κ3) is 4.98. The van der Waals surface area contributed by atoms with E-state index in [1.807, 2.05) is 6.07 Å². The molecule has 0 unspecified atom stereocenters. The number of ether oxygens (including phenoxy) is 3. The summed E-state index contributed by atoms with van der Waals surface area (Å²) in [6.45, 7) is 1.97. The van der Waals surface area contributed by atoms with Gasteiger partial charge in [-0.05, 0) is 24.1 Å². The van der Waals surface area contributed by atoms with Gasteiger partial charge in [-0.1, -0.05) is 0 Å². The van der Waals surface area contributed by atoms with Crippen molar-refractivity contribution in [3.63, 3.8) is 0 Å². The van der Waals surface area contributed by atoms with Crippen molar-refractivity contribution in [2.75, 3.05) is 27.9 Å². The van der Waals surface area contributed by atoms with E-state index in [1.54, 1.807) is 20.3 Å². The molecule has 0 atom stereocenters. The predicted molar refractivity (Wildman–Crippen MR) is 77.7 cm³/mol. The van der Waals surface area contributed by atoms with Crippen LogP contribution in [-0.2, 0) is 27.2 Å². The van der Waals surface area contributed by atoms with Gasteiger partial charge in [0.15, 0.2) is 0 Å². The number of carbonyl (C=O) groups excluding carboxylic acids is 2. The first kappa shape index (κ1) is 16.8. The maximum Gasteiger partial charge on any atom is 0.310 e. The lowest BCUT2D eigenvalue weighted by molar-refractivity contribution is -0.139. The van der Waals surface area contributed by atoms with Crippen LogP contribution in [0.5, 0.6) is 11.5 Å². The normalized spacial score (nSPS) is 9.90. The van der Waals surface area contributed by atoms with Gasteiger partial charge in [0.1, 0.15) is 11.5 Å². The maximum absolute atomic E-state index is 11.4. The van der Waals surface area contributed by atoms with Crippen molar-refractivity contribution in [1.29, 1.82) is 0 Å². The van der Waals surface area contributed by atoms with Crippen LogP contribution >= 0.6 is 0 Å². The molecule has 0 aliphatic heterocycles. The fourth-order valence-corrected chi connectivity index (χ4v) is 1.96. The fraction of sp³-hybridized carbons (Fsp3) is 0.467. The molecule has 0 saturated heterocycles. The Balaban J connectivity index is 2.98. The van der Waals surface area contributed by atoms with E-state index < -0.39 is 0 Å². The van der Waals surface area contributed by atoms with Crippen molar-refractivity contribution in [3.8, 4) is 11.5 Å². The van der Waals surface area contributed by atoms with Crippen LogP contribution in [0.25, 0.3) is 0 Å². The van der Waals surface area contributed by atoms with Crippen molar-refractivity contribution >= 4 is 11.9 Å². The van der Waals surface area contributed by atoms with Crippen molar-refractivity contribution in [1.82, 2.24) is 5.32 Å². The van der Waals surface area contributed by atoms with Gasteiger partial charge in [0, 0.05) is 19.0 Å². The Bertz CT molecular complexity index is 513. The quantitative estimate of drug-likeness (QED) is 0.762. The zero-order chi connectivity index (χ0) is 15.8. The van der Waals surface area contributed by atoms with Crippen LogP contribution in [0, 0.1) is 0 Å². The van der Waals surface area contributed by atoms with Gasteiger partial charge in [0.25, 0.3) is 0 Å². The summed E-state index contributed by atoms with van der Waals surface area (Å²) >= 11 is 0. The summed E-state index contributed by atoms with van der Waals surface area (Å²) in [5.74, 6) is 0.823. The summed E-state index contributed by atoms with van der Waals surface area (Å²) in [5, 5.41) is 2.73.